The minimum Gasteiger partial charge on any atom is -0.343 e. The second-order valence-corrected chi connectivity index (χ2v) is 3.34. The van der Waals surface area contributed by atoms with Gasteiger partial charge in [-0.15, -0.1) is 0 Å². The Kier molecular flexibility index (Phi) is 128. The zero-order valence-electron chi connectivity index (χ0n) is 14.2. The molecule has 0 N–H and O–H groups in total. The normalized spacial score (nSPS) is 6.67. The van der Waals surface area contributed by atoms with Crippen molar-refractivity contribution in [3.05, 3.63) is 26.7 Å². The summed E-state index contributed by atoms with van der Waals surface area (Å²) in [6, 6.07) is 0. The standard InChI is InChI=1S/4C4H9.2Mg/c4*1-3-4-2;;/h2*3H,4H2,1-2H3;2*1,3-4H2,2H3;;/q4*-1;2*+2. The van der Waals surface area contributed by atoms with E-state index in [0.717, 1.165) is 12.8 Å². The fourth-order valence-corrected chi connectivity index (χ4v) is 0. The first kappa shape index (κ1) is 36.6. The van der Waals surface area contributed by atoms with Crippen LogP contribution in [0.15, 0.2) is 0 Å². The van der Waals surface area contributed by atoms with Crippen LogP contribution < -0.4 is 0 Å². The first-order chi connectivity index (χ1) is 7.66. The minimum absolute atomic E-state index is 0. The minimum atomic E-state index is 0. The maximum Gasteiger partial charge on any atom is 2.00 e. The van der Waals surface area contributed by atoms with Crippen LogP contribution in [-0.2, 0) is 0 Å². The van der Waals surface area contributed by atoms with E-state index in [4.69, 9.17) is 0 Å². The van der Waals surface area contributed by atoms with E-state index < -0.39 is 0 Å². The zero-order valence-corrected chi connectivity index (χ0v) is 17.1. The van der Waals surface area contributed by atoms with E-state index in [1.807, 2.05) is 0 Å². The van der Waals surface area contributed by atoms with Gasteiger partial charge >= 0.3 is 46.1 Å². The number of hydrogen-bond acceptors (Lipinski definition) is 0. The van der Waals surface area contributed by atoms with Crippen molar-refractivity contribution in [3.8, 4) is 0 Å². The van der Waals surface area contributed by atoms with Crippen molar-refractivity contribution >= 4 is 46.1 Å². The van der Waals surface area contributed by atoms with Crippen LogP contribution in [0.5, 0.6) is 0 Å². The molecule has 18 heavy (non-hydrogen) atoms. The Balaban J connectivity index is -0.0000000257. The summed E-state index contributed by atoms with van der Waals surface area (Å²) < 4.78 is 0. The van der Waals surface area contributed by atoms with Crippen LogP contribution in [0.1, 0.15) is 80.1 Å². The second-order valence-electron chi connectivity index (χ2n) is 3.34. The van der Waals surface area contributed by atoms with Gasteiger partial charge in [-0.25, -0.2) is 0 Å². The molecule has 2 heteroatoms. The molecular weight excluding hydrogens is 241 g/mol. The van der Waals surface area contributed by atoms with Crippen LogP contribution in [0.3, 0.4) is 0 Å². The van der Waals surface area contributed by atoms with Crippen molar-refractivity contribution in [3.63, 3.8) is 0 Å². The average molecular weight is 277 g/mol. The number of rotatable bonds is 4. The molecule has 0 aromatic rings. The smallest absolute Gasteiger partial charge is 0.343 e. The SMILES string of the molecule is C[CH-]CC.C[CH-]CC.[CH2-]CCC.[CH2-]CCC.[Mg+2].[Mg+2]. The zero-order chi connectivity index (χ0) is 13.7. The van der Waals surface area contributed by atoms with Crippen molar-refractivity contribution < 1.29 is 0 Å². The van der Waals surface area contributed by atoms with Crippen LogP contribution in [0, 0.1) is 26.7 Å². The topological polar surface area (TPSA) is 0 Å². The Morgan fingerprint density at radius 1 is 0.667 bits per heavy atom. The molecule has 0 fully saturated rings. The Morgan fingerprint density at radius 2 is 0.778 bits per heavy atom. The van der Waals surface area contributed by atoms with Gasteiger partial charge in [-0.2, -0.15) is 39.5 Å². The maximum absolute atomic E-state index is 3.60. The van der Waals surface area contributed by atoms with Crippen molar-refractivity contribution in [2.45, 2.75) is 80.1 Å². The molecule has 0 aromatic carbocycles. The molecule has 0 saturated heterocycles. The van der Waals surface area contributed by atoms with Gasteiger partial charge in [-0.05, 0) is 0 Å². The summed E-state index contributed by atoms with van der Waals surface area (Å²) in [4.78, 5) is 0. The van der Waals surface area contributed by atoms with Gasteiger partial charge in [0.1, 0.15) is 0 Å². The first-order valence-electron chi connectivity index (χ1n) is 6.80. The Labute approximate surface area is 152 Å². The van der Waals surface area contributed by atoms with E-state index in [1.165, 1.54) is 25.7 Å². The second kappa shape index (κ2) is 62.7. The molecule has 0 radical (unpaired) electrons. The van der Waals surface area contributed by atoms with Crippen molar-refractivity contribution in [1.82, 2.24) is 0 Å². The molecule has 0 unspecified atom stereocenters. The molecule has 0 bridgehead atoms. The third kappa shape index (κ3) is 157. The van der Waals surface area contributed by atoms with Crippen LogP contribution in [0.4, 0.5) is 0 Å². The van der Waals surface area contributed by atoms with Crippen LogP contribution in [-0.4, -0.2) is 46.1 Å². The number of hydrogen-bond donors (Lipinski definition) is 0. The first-order valence-corrected chi connectivity index (χ1v) is 6.80. The summed E-state index contributed by atoms with van der Waals surface area (Å²) in [5.41, 5.74) is 0. The van der Waals surface area contributed by atoms with Crippen LogP contribution in [0.2, 0.25) is 0 Å². The predicted molar refractivity (Wildman–Crippen MR) is 92.6 cm³/mol. The fraction of sp³-hybridized carbons (Fsp3) is 0.750. The summed E-state index contributed by atoms with van der Waals surface area (Å²) in [7, 11) is 0. The molecule has 0 rings (SSSR count). The van der Waals surface area contributed by atoms with E-state index in [9.17, 15) is 0 Å². The number of unbranched alkanes of at least 4 members (excludes halogenated alkanes) is 4. The third-order valence-corrected chi connectivity index (χ3v) is 1.52. The van der Waals surface area contributed by atoms with Crippen molar-refractivity contribution in [2.24, 2.45) is 0 Å². The molecule has 0 aromatic heterocycles. The van der Waals surface area contributed by atoms with Gasteiger partial charge in [0.2, 0.25) is 0 Å². The van der Waals surface area contributed by atoms with Gasteiger partial charge in [-0.3, -0.25) is 0 Å². The molecule has 0 nitrogen and oxygen atoms in total. The molecule has 0 aliphatic carbocycles. The maximum atomic E-state index is 3.60. The van der Waals surface area contributed by atoms with Gasteiger partial charge in [0.05, 0.1) is 0 Å². The molecule has 0 atom stereocenters. The monoisotopic (exact) mass is 276 g/mol. The van der Waals surface area contributed by atoms with Crippen molar-refractivity contribution in [2.75, 3.05) is 0 Å². The quantitative estimate of drug-likeness (QED) is 0.455. The fourth-order valence-electron chi connectivity index (χ4n) is 0. The molecule has 0 amide bonds. The molecule has 0 spiro atoms. The Bertz CT molecular complexity index is 33.1. The van der Waals surface area contributed by atoms with Gasteiger partial charge in [0, 0.05) is 0 Å². The molecule has 0 heterocycles. The summed E-state index contributed by atoms with van der Waals surface area (Å²) in [5, 5.41) is 0. The van der Waals surface area contributed by atoms with Crippen molar-refractivity contribution in [1.29, 1.82) is 0 Å². The van der Waals surface area contributed by atoms with E-state index in [1.54, 1.807) is 0 Å². The van der Waals surface area contributed by atoms with E-state index in [0.29, 0.717) is 0 Å². The molecule has 0 aliphatic rings. The van der Waals surface area contributed by atoms with E-state index >= 15 is 0 Å². The van der Waals surface area contributed by atoms with Gasteiger partial charge in [0.25, 0.3) is 0 Å². The van der Waals surface area contributed by atoms with Crippen LogP contribution >= 0.6 is 0 Å². The van der Waals surface area contributed by atoms with E-state index in [-0.39, 0.29) is 46.1 Å². The Hall–Kier alpha value is 1.53. The summed E-state index contributed by atoms with van der Waals surface area (Å²) in [6.45, 7) is 19.8. The van der Waals surface area contributed by atoms with Gasteiger partial charge in [0.15, 0.2) is 0 Å². The van der Waals surface area contributed by atoms with Gasteiger partial charge in [-0.1, -0.05) is 40.5 Å². The van der Waals surface area contributed by atoms with Crippen LogP contribution in [0.25, 0.3) is 0 Å². The summed E-state index contributed by atoms with van der Waals surface area (Å²) in [6.07, 6.45) is 11.2. The summed E-state index contributed by atoms with van der Waals surface area (Å²) in [5.74, 6) is 0. The molecule has 104 valence electrons. The molecule has 0 saturated carbocycles. The molecule has 0 aliphatic heterocycles. The van der Waals surface area contributed by atoms with E-state index in [2.05, 4.69) is 68.2 Å². The Morgan fingerprint density at radius 3 is 0.778 bits per heavy atom. The largest absolute Gasteiger partial charge is 2.00 e. The average Bonchev–Trinajstić information content (AvgIpc) is 2.39. The van der Waals surface area contributed by atoms with Gasteiger partial charge < -0.3 is 26.7 Å². The molecular formula is C16H36Mg2. The summed E-state index contributed by atoms with van der Waals surface area (Å²) >= 11 is 0. The predicted octanol–water partition coefficient (Wildman–Crippen LogP) is 5.72. The third-order valence-electron chi connectivity index (χ3n) is 1.52.